The highest BCUT2D eigenvalue weighted by atomic mass is 32.2. The van der Waals surface area contributed by atoms with Crippen molar-refractivity contribution in [3.8, 4) is 5.75 Å². The van der Waals surface area contributed by atoms with Crippen LogP contribution in [0.3, 0.4) is 0 Å². The van der Waals surface area contributed by atoms with Gasteiger partial charge in [-0.25, -0.2) is 0 Å². The molecule has 0 saturated carbocycles. The Morgan fingerprint density at radius 1 is 1.00 bits per heavy atom. The summed E-state index contributed by atoms with van der Waals surface area (Å²) in [6.07, 6.45) is 0.815. The van der Waals surface area contributed by atoms with Crippen molar-refractivity contribution in [2.45, 2.75) is 51.3 Å². The molecule has 0 heterocycles. The lowest BCUT2D eigenvalue weighted by molar-refractivity contribution is -0.131. The van der Waals surface area contributed by atoms with Gasteiger partial charge < -0.3 is 20.7 Å². The van der Waals surface area contributed by atoms with E-state index in [1.54, 1.807) is 19.2 Å². The summed E-state index contributed by atoms with van der Waals surface area (Å²) in [4.78, 5) is 49.7. The predicted molar refractivity (Wildman–Crippen MR) is 126 cm³/mol. The van der Waals surface area contributed by atoms with Crippen LogP contribution in [0.1, 0.15) is 39.2 Å². The summed E-state index contributed by atoms with van der Waals surface area (Å²) < 4.78 is 5.16. The van der Waals surface area contributed by atoms with Crippen LogP contribution in [-0.2, 0) is 25.6 Å². The molecule has 0 bridgehead atoms. The third kappa shape index (κ3) is 9.30. The number of carbonyl (C=O) groups excluding carboxylic acids is 4. The Kier molecular flexibility index (Phi) is 11.8. The fraction of sp³-hybridized carbons (Fsp3) is 0.565. The van der Waals surface area contributed by atoms with Crippen molar-refractivity contribution in [2.75, 3.05) is 21.2 Å². The van der Waals surface area contributed by atoms with E-state index in [1.807, 2.05) is 26.0 Å². The number of methoxy groups -OCH3 is 1. The second-order valence-electron chi connectivity index (χ2n) is 7.99. The van der Waals surface area contributed by atoms with Gasteiger partial charge in [-0.2, -0.15) is 0 Å². The molecule has 8 nitrogen and oxygen atoms in total. The molecule has 1 aromatic rings. The van der Waals surface area contributed by atoms with Crippen molar-refractivity contribution >= 4 is 34.6 Å². The minimum absolute atomic E-state index is 0.0364. The van der Waals surface area contributed by atoms with Crippen LogP contribution in [0.4, 0.5) is 0 Å². The maximum Gasteiger partial charge on any atom is 0.242 e. The SMILES string of the molecule is CNC(=O)CC(SC(C)=O)C(CC(C)C)C(=O)N[C@@H](Cc1ccc(OC)cc1)C(=O)NC. The van der Waals surface area contributed by atoms with E-state index in [1.165, 1.54) is 21.0 Å². The number of thioether (sulfide) groups is 1. The third-order valence-electron chi connectivity index (χ3n) is 4.97. The highest BCUT2D eigenvalue weighted by Crippen LogP contribution is 2.29. The molecular weight excluding hydrogens is 430 g/mol. The third-order valence-corrected chi connectivity index (χ3v) is 6.10. The van der Waals surface area contributed by atoms with Crippen molar-refractivity contribution in [3.05, 3.63) is 29.8 Å². The molecule has 0 fully saturated rings. The van der Waals surface area contributed by atoms with E-state index in [0.29, 0.717) is 18.6 Å². The molecule has 3 amide bonds. The van der Waals surface area contributed by atoms with E-state index < -0.39 is 17.2 Å². The lowest BCUT2D eigenvalue weighted by Crippen LogP contribution is -2.50. The van der Waals surface area contributed by atoms with Crippen molar-refractivity contribution < 1.29 is 23.9 Å². The number of likely N-dealkylation sites (N-methyl/N-ethyl adjacent to an activating group) is 1. The first-order valence-corrected chi connectivity index (χ1v) is 11.5. The van der Waals surface area contributed by atoms with Crippen LogP contribution < -0.4 is 20.7 Å². The molecule has 3 atom stereocenters. The van der Waals surface area contributed by atoms with Gasteiger partial charge in [0.1, 0.15) is 11.8 Å². The van der Waals surface area contributed by atoms with E-state index >= 15 is 0 Å². The summed E-state index contributed by atoms with van der Waals surface area (Å²) in [5.41, 5.74) is 0.861. The number of hydrogen-bond acceptors (Lipinski definition) is 6. The summed E-state index contributed by atoms with van der Waals surface area (Å²) in [6.45, 7) is 5.37. The average Bonchev–Trinajstić information content (AvgIpc) is 2.75. The lowest BCUT2D eigenvalue weighted by atomic mass is 9.90. The van der Waals surface area contributed by atoms with Crippen LogP contribution >= 0.6 is 11.8 Å². The van der Waals surface area contributed by atoms with Crippen LogP contribution in [0.2, 0.25) is 0 Å². The molecule has 0 aliphatic heterocycles. The zero-order valence-corrected chi connectivity index (χ0v) is 20.5. The Labute approximate surface area is 194 Å². The van der Waals surface area contributed by atoms with Gasteiger partial charge in [-0.15, -0.1) is 0 Å². The molecule has 1 aromatic carbocycles. The fourth-order valence-corrected chi connectivity index (χ4v) is 4.42. The first-order chi connectivity index (χ1) is 15.1. The number of hydrogen-bond donors (Lipinski definition) is 3. The molecule has 0 saturated heterocycles. The van der Waals surface area contributed by atoms with Crippen molar-refractivity contribution in [2.24, 2.45) is 11.8 Å². The van der Waals surface area contributed by atoms with Gasteiger partial charge >= 0.3 is 0 Å². The Bertz CT molecular complexity index is 782. The quantitative estimate of drug-likeness (QED) is 0.435. The van der Waals surface area contributed by atoms with Gasteiger partial charge in [-0.05, 0) is 30.0 Å². The number of ether oxygens (including phenoxy) is 1. The minimum atomic E-state index is -0.793. The first-order valence-electron chi connectivity index (χ1n) is 10.6. The molecule has 0 aliphatic carbocycles. The molecule has 0 aromatic heterocycles. The lowest BCUT2D eigenvalue weighted by Gasteiger charge is -2.28. The number of carbonyl (C=O) groups is 4. The first kappa shape index (κ1) is 27.5. The van der Waals surface area contributed by atoms with Gasteiger partial charge in [0.2, 0.25) is 17.7 Å². The topological polar surface area (TPSA) is 114 Å². The van der Waals surface area contributed by atoms with Gasteiger partial charge in [-0.1, -0.05) is 37.7 Å². The zero-order chi connectivity index (χ0) is 24.3. The smallest absolute Gasteiger partial charge is 0.242 e. The van der Waals surface area contributed by atoms with Crippen LogP contribution in [0, 0.1) is 11.8 Å². The van der Waals surface area contributed by atoms with Crippen molar-refractivity contribution in [3.63, 3.8) is 0 Å². The molecule has 0 radical (unpaired) electrons. The Morgan fingerprint density at radius 2 is 1.62 bits per heavy atom. The van der Waals surface area contributed by atoms with Gasteiger partial charge in [0.05, 0.1) is 13.0 Å². The van der Waals surface area contributed by atoms with E-state index in [0.717, 1.165) is 17.3 Å². The number of nitrogens with one attached hydrogen (secondary N) is 3. The highest BCUT2D eigenvalue weighted by molar-refractivity contribution is 8.14. The minimum Gasteiger partial charge on any atom is -0.497 e. The summed E-state index contributed by atoms with van der Waals surface area (Å²) >= 11 is 0.996. The maximum absolute atomic E-state index is 13.3. The molecular formula is C23H35N3O5S. The normalized spacial score (nSPS) is 13.6. The maximum atomic E-state index is 13.3. The zero-order valence-electron chi connectivity index (χ0n) is 19.7. The van der Waals surface area contributed by atoms with Crippen LogP contribution in [0.15, 0.2) is 24.3 Å². The molecule has 178 valence electrons. The fourth-order valence-electron chi connectivity index (χ4n) is 3.36. The highest BCUT2D eigenvalue weighted by Gasteiger charge is 2.34. The summed E-state index contributed by atoms with van der Waals surface area (Å²) in [7, 11) is 4.61. The Balaban J connectivity index is 3.12. The number of amides is 3. The van der Waals surface area contributed by atoms with Gasteiger partial charge in [0.25, 0.3) is 0 Å². The molecule has 32 heavy (non-hydrogen) atoms. The molecule has 9 heteroatoms. The molecule has 0 aliphatic rings. The molecule has 3 N–H and O–H groups in total. The molecule has 1 rings (SSSR count). The molecule has 0 spiro atoms. The van der Waals surface area contributed by atoms with Gasteiger partial charge in [0.15, 0.2) is 5.12 Å². The van der Waals surface area contributed by atoms with Crippen molar-refractivity contribution in [1.82, 2.24) is 16.0 Å². The van der Waals surface area contributed by atoms with Crippen LogP contribution in [0.25, 0.3) is 0 Å². The number of benzene rings is 1. The van der Waals surface area contributed by atoms with E-state index in [9.17, 15) is 19.2 Å². The van der Waals surface area contributed by atoms with Crippen LogP contribution in [-0.4, -0.2) is 55.3 Å². The summed E-state index contributed by atoms with van der Waals surface area (Å²) in [5.74, 6) is -0.659. The standard InChI is InChI=1S/C23H35N3O5S/c1-14(2)11-18(20(32-15(3)27)13-21(28)24-4)22(29)26-19(23(30)25-5)12-16-7-9-17(31-6)10-8-16/h7-10,14,18-20H,11-13H2,1-6H3,(H,24,28)(H,25,30)(H,26,29)/t18?,19-,20?/m0/s1. The monoisotopic (exact) mass is 465 g/mol. The van der Waals surface area contributed by atoms with Gasteiger partial charge in [-0.3, -0.25) is 19.2 Å². The van der Waals surface area contributed by atoms with Crippen molar-refractivity contribution in [1.29, 1.82) is 0 Å². The largest absolute Gasteiger partial charge is 0.497 e. The second-order valence-corrected chi connectivity index (χ2v) is 9.40. The summed E-state index contributed by atoms with van der Waals surface area (Å²) in [6, 6.07) is 6.47. The predicted octanol–water partition coefficient (Wildman–Crippen LogP) is 1.92. The molecule has 2 unspecified atom stereocenters. The van der Waals surface area contributed by atoms with Crippen LogP contribution in [0.5, 0.6) is 5.75 Å². The number of rotatable bonds is 12. The Morgan fingerprint density at radius 3 is 2.09 bits per heavy atom. The second kappa shape index (κ2) is 13.8. The van der Waals surface area contributed by atoms with Gasteiger partial charge in [0, 0.05) is 39.1 Å². The van der Waals surface area contributed by atoms with E-state index in [4.69, 9.17) is 4.74 Å². The van der Waals surface area contributed by atoms with E-state index in [-0.39, 0.29) is 35.2 Å². The Hall–Kier alpha value is -2.55. The summed E-state index contributed by atoms with van der Waals surface area (Å²) in [5, 5.41) is 7.32. The van der Waals surface area contributed by atoms with E-state index in [2.05, 4.69) is 16.0 Å². The average molecular weight is 466 g/mol.